The molecule has 0 aliphatic carbocycles. The number of carbonyl (C=O) groups excluding carboxylic acids is 2. The lowest BCUT2D eigenvalue weighted by Crippen LogP contribution is -2.43. The van der Waals surface area contributed by atoms with Crippen LogP contribution < -0.4 is 14.8 Å². The maximum atomic E-state index is 13.1. The molecule has 0 unspecified atom stereocenters. The Hall–Kier alpha value is -4.14. The number of aromatic nitrogens is 2. The van der Waals surface area contributed by atoms with Crippen LogP contribution in [0.3, 0.4) is 0 Å². The molecule has 1 saturated heterocycles. The number of Topliss-reactive ketones (excluding diaryl/α,β-unsaturated/α-hetero) is 1. The summed E-state index contributed by atoms with van der Waals surface area (Å²) in [7, 11) is 3.25. The third-order valence-corrected chi connectivity index (χ3v) is 7.00. The fourth-order valence-corrected chi connectivity index (χ4v) is 4.86. The first-order valence-electron chi connectivity index (χ1n) is 14.0. The molecule has 0 atom stereocenters. The number of carbonyl (C=O) groups is 2. The summed E-state index contributed by atoms with van der Waals surface area (Å²) in [5.74, 6) is 2.09. The van der Waals surface area contributed by atoms with E-state index < -0.39 is 5.60 Å². The number of piperidine rings is 1. The smallest absolute Gasteiger partial charge is 0.410 e. The van der Waals surface area contributed by atoms with Gasteiger partial charge in [-0.3, -0.25) is 4.79 Å². The zero-order valence-electron chi connectivity index (χ0n) is 24.6. The van der Waals surface area contributed by atoms with Crippen molar-refractivity contribution in [1.29, 1.82) is 0 Å². The van der Waals surface area contributed by atoms with E-state index in [0.717, 1.165) is 28.8 Å². The molecular formula is C32H40N4O5. The van der Waals surface area contributed by atoms with Gasteiger partial charge >= 0.3 is 6.09 Å². The molecular weight excluding hydrogens is 520 g/mol. The molecule has 9 heteroatoms. The van der Waals surface area contributed by atoms with Gasteiger partial charge in [-0.25, -0.2) is 14.8 Å². The van der Waals surface area contributed by atoms with E-state index in [0.29, 0.717) is 56.3 Å². The van der Waals surface area contributed by atoms with E-state index in [1.54, 1.807) is 25.3 Å². The van der Waals surface area contributed by atoms with Crippen LogP contribution in [-0.2, 0) is 22.4 Å². The number of methoxy groups -OCH3 is 2. The minimum atomic E-state index is -0.527. The average molecular weight is 561 g/mol. The van der Waals surface area contributed by atoms with Gasteiger partial charge < -0.3 is 24.4 Å². The number of nitrogens with zero attached hydrogens (tertiary/aromatic N) is 3. The first kappa shape index (κ1) is 29.8. The van der Waals surface area contributed by atoms with E-state index in [2.05, 4.69) is 10.3 Å². The van der Waals surface area contributed by atoms with Crippen LogP contribution in [0.5, 0.6) is 11.5 Å². The van der Waals surface area contributed by atoms with Gasteiger partial charge in [0.25, 0.3) is 0 Å². The van der Waals surface area contributed by atoms with Crippen LogP contribution in [0.2, 0.25) is 0 Å². The number of nitrogens with one attached hydrogen (secondary N) is 1. The van der Waals surface area contributed by atoms with Crippen LogP contribution in [0.15, 0.2) is 54.7 Å². The number of likely N-dealkylation sites (tertiary alicyclic amines) is 1. The highest BCUT2D eigenvalue weighted by molar-refractivity contribution is 5.84. The predicted molar refractivity (Wildman–Crippen MR) is 158 cm³/mol. The molecule has 1 aliphatic rings. The molecule has 3 aromatic rings. The number of amides is 1. The molecule has 2 aromatic carbocycles. The minimum absolute atomic E-state index is 0.0575. The van der Waals surface area contributed by atoms with Crippen molar-refractivity contribution in [3.63, 3.8) is 0 Å². The largest absolute Gasteiger partial charge is 0.493 e. The summed E-state index contributed by atoms with van der Waals surface area (Å²) < 4.78 is 16.2. The fourth-order valence-electron chi connectivity index (χ4n) is 4.86. The topological polar surface area (TPSA) is 103 Å². The number of hydrogen-bond donors (Lipinski definition) is 1. The Kier molecular flexibility index (Phi) is 9.81. The lowest BCUT2D eigenvalue weighted by Gasteiger charge is -2.33. The SMILES string of the molecule is COc1ccc(CCNc2nccc(-c3cccc(CC(=O)C4CCN(C(=O)OC(C)(C)C)CC4)c3)n2)cc1OC. The molecule has 1 amide bonds. The normalized spacial score (nSPS) is 13.9. The van der Waals surface area contributed by atoms with Crippen molar-refractivity contribution in [3.05, 3.63) is 65.9 Å². The van der Waals surface area contributed by atoms with Crippen molar-refractivity contribution in [2.45, 2.75) is 52.1 Å². The van der Waals surface area contributed by atoms with Crippen molar-refractivity contribution in [2.75, 3.05) is 39.2 Å². The van der Waals surface area contributed by atoms with E-state index in [-0.39, 0.29) is 17.8 Å². The number of rotatable bonds is 10. The number of hydrogen-bond acceptors (Lipinski definition) is 8. The summed E-state index contributed by atoms with van der Waals surface area (Å²) in [6, 6.07) is 15.7. The van der Waals surface area contributed by atoms with Gasteiger partial charge in [0.1, 0.15) is 11.4 Å². The highest BCUT2D eigenvalue weighted by atomic mass is 16.6. The van der Waals surface area contributed by atoms with Crippen LogP contribution in [0.1, 0.15) is 44.7 Å². The summed E-state index contributed by atoms with van der Waals surface area (Å²) in [6.07, 6.45) is 3.85. The van der Waals surface area contributed by atoms with E-state index in [1.165, 1.54) is 0 Å². The minimum Gasteiger partial charge on any atom is -0.493 e. The van der Waals surface area contributed by atoms with Crippen molar-refractivity contribution in [1.82, 2.24) is 14.9 Å². The molecule has 41 heavy (non-hydrogen) atoms. The Balaban J connectivity index is 1.31. The molecule has 9 nitrogen and oxygen atoms in total. The van der Waals surface area contributed by atoms with Crippen molar-refractivity contribution < 1.29 is 23.8 Å². The first-order valence-corrected chi connectivity index (χ1v) is 14.0. The van der Waals surface area contributed by atoms with Gasteiger partial charge in [0.2, 0.25) is 5.95 Å². The van der Waals surface area contributed by atoms with Crippen LogP contribution in [0.25, 0.3) is 11.3 Å². The lowest BCUT2D eigenvalue weighted by molar-refractivity contribution is -0.123. The molecule has 1 aliphatic heterocycles. The van der Waals surface area contributed by atoms with Gasteiger partial charge in [0.15, 0.2) is 11.5 Å². The Morgan fingerprint density at radius 1 is 0.976 bits per heavy atom. The molecule has 2 heterocycles. The maximum Gasteiger partial charge on any atom is 0.410 e. The maximum absolute atomic E-state index is 13.1. The summed E-state index contributed by atoms with van der Waals surface area (Å²) >= 11 is 0. The van der Waals surface area contributed by atoms with Gasteiger partial charge in [0.05, 0.1) is 19.9 Å². The third-order valence-electron chi connectivity index (χ3n) is 7.00. The first-order chi connectivity index (χ1) is 19.6. The highest BCUT2D eigenvalue weighted by Gasteiger charge is 2.29. The van der Waals surface area contributed by atoms with Gasteiger partial charge in [-0.1, -0.05) is 24.3 Å². The Morgan fingerprint density at radius 3 is 2.44 bits per heavy atom. The molecule has 1 fully saturated rings. The average Bonchev–Trinajstić information content (AvgIpc) is 2.96. The van der Waals surface area contributed by atoms with E-state index in [4.69, 9.17) is 19.2 Å². The number of anilines is 1. The summed E-state index contributed by atoms with van der Waals surface area (Å²) in [6.45, 7) is 7.30. The Bertz CT molecular complexity index is 1350. The highest BCUT2D eigenvalue weighted by Crippen LogP contribution is 2.28. The van der Waals surface area contributed by atoms with Crippen LogP contribution in [0, 0.1) is 5.92 Å². The molecule has 0 radical (unpaired) electrons. The Labute approximate surface area is 242 Å². The molecule has 0 spiro atoms. The van der Waals surface area contributed by atoms with Crippen LogP contribution in [-0.4, -0.2) is 66.2 Å². The van der Waals surface area contributed by atoms with E-state index in [1.807, 2.05) is 69.3 Å². The van der Waals surface area contributed by atoms with Crippen LogP contribution in [0.4, 0.5) is 10.7 Å². The second-order valence-electron chi connectivity index (χ2n) is 11.2. The number of benzene rings is 2. The molecule has 0 saturated carbocycles. The molecule has 218 valence electrons. The number of ether oxygens (including phenoxy) is 3. The van der Waals surface area contributed by atoms with Crippen molar-refractivity contribution >= 4 is 17.8 Å². The van der Waals surface area contributed by atoms with Gasteiger partial charge in [-0.2, -0.15) is 0 Å². The second kappa shape index (κ2) is 13.5. The Morgan fingerprint density at radius 2 is 1.73 bits per heavy atom. The monoisotopic (exact) mass is 560 g/mol. The molecule has 4 rings (SSSR count). The van der Waals surface area contributed by atoms with E-state index >= 15 is 0 Å². The van der Waals surface area contributed by atoms with Gasteiger partial charge in [-0.05, 0) is 75.4 Å². The molecule has 1 N–H and O–H groups in total. The van der Waals surface area contributed by atoms with Gasteiger partial charge in [0, 0.05) is 43.7 Å². The summed E-state index contributed by atoms with van der Waals surface area (Å²) in [5.41, 5.74) is 3.25. The summed E-state index contributed by atoms with van der Waals surface area (Å²) in [4.78, 5) is 36.2. The van der Waals surface area contributed by atoms with E-state index in [9.17, 15) is 9.59 Å². The second-order valence-corrected chi connectivity index (χ2v) is 11.2. The fraction of sp³-hybridized carbons (Fsp3) is 0.438. The number of ketones is 1. The predicted octanol–water partition coefficient (Wildman–Crippen LogP) is 5.57. The molecule has 1 aromatic heterocycles. The zero-order chi connectivity index (χ0) is 29.4. The quantitative estimate of drug-likeness (QED) is 0.343. The molecule has 0 bridgehead atoms. The standard InChI is InChI=1S/C32H40N4O5/c1-32(2,3)41-31(38)36-17-13-24(14-18-36)27(37)20-23-7-6-8-25(19-23)26-12-16-34-30(35-26)33-15-11-22-9-10-28(39-4)29(21-22)40-5/h6-10,12,16,19,21,24H,11,13-15,17-18,20H2,1-5H3,(H,33,34,35). The summed E-state index contributed by atoms with van der Waals surface area (Å²) in [5, 5.41) is 3.30. The zero-order valence-corrected chi connectivity index (χ0v) is 24.6. The third kappa shape index (κ3) is 8.42. The van der Waals surface area contributed by atoms with Crippen LogP contribution >= 0.6 is 0 Å². The van der Waals surface area contributed by atoms with Crippen molar-refractivity contribution in [3.8, 4) is 22.8 Å². The van der Waals surface area contributed by atoms with Gasteiger partial charge in [-0.15, -0.1) is 0 Å². The van der Waals surface area contributed by atoms with Crippen molar-refractivity contribution in [2.24, 2.45) is 5.92 Å². The lowest BCUT2D eigenvalue weighted by atomic mass is 9.89.